The second-order valence-electron chi connectivity index (χ2n) is 3.08. The number of thiophene rings is 1. The van der Waals surface area contributed by atoms with Crippen molar-refractivity contribution in [3.05, 3.63) is 33.5 Å². The van der Waals surface area contributed by atoms with E-state index in [-0.39, 0.29) is 6.04 Å². The van der Waals surface area contributed by atoms with Crippen molar-refractivity contribution in [1.29, 1.82) is 0 Å². The Balaban J connectivity index is 2.41. The number of aromatic nitrogens is 3. The summed E-state index contributed by atoms with van der Waals surface area (Å²) in [4.78, 5) is 1.26. The van der Waals surface area contributed by atoms with Crippen molar-refractivity contribution in [3.63, 3.8) is 0 Å². The van der Waals surface area contributed by atoms with Crippen molar-refractivity contribution < 1.29 is 0 Å². The van der Waals surface area contributed by atoms with Gasteiger partial charge in [0.2, 0.25) is 5.28 Å². The lowest BCUT2D eigenvalue weighted by Gasteiger charge is -2.12. The first-order valence-electron chi connectivity index (χ1n) is 4.30. The second kappa shape index (κ2) is 3.71. The van der Waals surface area contributed by atoms with Crippen molar-refractivity contribution in [2.45, 2.75) is 19.9 Å². The van der Waals surface area contributed by atoms with Gasteiger partial charge in [0.1, 0.15) is 5.82 Å². The normalized spacial score (nSPS) is 13.1. The van der Waals surface area contributed by atoms with Crippen LogP contribution in [0.1, 0.15) is 23.7 Å². The van der Waals surface area contributed by atoms with Crippen LogP contribution in [0.4, 0.5) is 0 Å². The van der Waals surface area contributed by atoms with E-state index in [4.69, 9.17) is 11.6 Å². The van der Waals surface area contributed by atoms with Crippen molar-refractivity contribution in [2.75, 3.05) is 0 Å². The van der Waals surface area contributed by atoms with Gasteiger partial charge in [0.25, 0.3) is 0 Å². The number of aryl methyl sites for hydroxylation is 1. The van der Waals surface area contributed by atoms with Gasteiger partial charge in [-0.2, -0.15) is 0 Å². The van der Waals surface area contributed by atoms with Crippen LogP contribution < -0.4 is 0 Å². The Hall–Kier alpha value is -0.870. The van der Waals surface area contributed by atoms with Crippen LogP contribution in [0.25, 0.3) is 0 Å². The Labute approximate surface area is 91.4 Å². The molecule has 74 valence electrons. The molecule has 0 amide bonds. The first kappa shape index (κ1) is 9.68. The van der Waals surface area contributed by atoms with E-state index < -0.39 is 0 Å². The highest BCUT2D eigenvalue weighted by atomic mass is 35.5. The molecule has 0 saturated heterocycles. The molecule has 2 aromatic rings. The zero-order chi connectivity index (χ0) is 10.1. The number of rotatable bonds is 2. The Morgan fingerprint density at radius 3 is 2.79 bits per heavy atom. The minimum absolute atomic E-state index is 0.206. The van der Waals surface area contributed by atoms with Gasteiger partial charge in [0, 0.05) is 4.88 Å². The van der Waals surface area contributed by atoms with Crippen LogP contribution in [0.5, 0.6) is 0 Å². The molecule has 0 N–H and O–H groups in total. The third kappa shape index (κ3) is 1.55. The molecular formula is C9H10ClN3S. The molecule has 0 radical (unpaired) electrons. The standard InChI is InChI=1S/C9H10ClN3S/c1-6(8-4-3-5-14-8)13-7(2)11-12-9(13)10/h3-6H,1-2H3. The van der Waals surface area contributed by atoms with E-state index in [1.54, 1.807) is 11.3 Å². The van der Waals surface area contributed by atoms with E-state index in [0.29, 0.717) is 5.28 Å². The lowest BCUT2D eigenvalue weighted by Crippen LogP contribution is -2.07. The van der Waals surface area contributed by atoms with Crippen LogP contribution in [0.2, 0.25) is 5.28 Å². The van der Waals surface area contributed by atoms with Crippen LogP contribution in [0.3, 0.4) is 0 Å². The largest absolute Gasteiger partial charge is 0.294 e. The highest BCUT2D eigenvalue weighted by Gasteiger charge is 2.15. The van der Waals surface area contributed by atoms with Gasteiger partial charge < -0.3 is 0 Å². The summed E-state index contributed by atoms with van der Waals surface area (Å²) in [5.74, 6) is 0.843. The van der Waals surface area contributed by atoms with Gasteiger partial charge in [-0.3, -0.25) is 4.57 Å². The minimum atomic E-state index is 0.206. The first-order chi connectivity index (χ1) is 6.70. The van der Waals surface area contributed by atoms with Crippen LogP contribution in [-0.2, 0) is 0 Å². The molecule has 3 nitrogen and oxygen atoms in total. The molecule has 0 aliphatic heterocycles. The van der Waals surface area contributed by atoms with E-state index in [0.717, 1.165) is 5.82 Å². The monoisotopic (exact) mass is 227 g/mol. The average molecular weight is 228 g/mol. The Kier molecular flexibility index (Phi) is 2.56. The van der Waals surface area contributed by atoms with Gasteiger partial charge >= 0.3 is 0 Å². The van der Waals surface area contributed by atoms with Crippen molar-refractivity contribution in [3.8, 4) is 0 Å². The van der Waals surface area contributed by atoms with Gasteiger partial charge in [-0.25, -0.2) is 0 Å². The summed E-state index contributed by atoms with van der Waals surface area (Å²) in [7, 11) is 0. The fraction of sp³-hybridized carbons (Fsp3) is 0.333. The van der Waals surface area contributed by atoms with Crippen molar-refractivity contribution in [2.24, 2.45) is 0 Å². The summed E-state index contributed by atoms with van der Waals surface area (Å²) in [5.41, 5.74) is 0. The number of hydrogen-bond donors (Lipinski definition) is 0. The molecule has 0 saturated carbocycles. The summed E-state index contributed by atoms with van der Waals surface area (Å²) in [5, 5.41) is 10.3. The van der Waals surface area contributed by atoms with Gasteiger partial charge in [-0.1, -0.05) is 6.07 Å². The first-order valence-corrected chi connectivity index (χ1v) is 5.56. The van der Waals surface area contributed by atoms with Crippen LogP contribution in [-0.4, -0.2) is 14.8 Å². The van der Waals surface area contributed by atoms with Gasteiger partial charge in [-0.05, 0) is 36.9 Å². The zero-order valence-corrected chi connectivity index (χ0v) is 9.51. The van der Waals surface area contributed by atoms with Gasteiger partial charge in [-0.15, -0.1) is 21.5 Å². The lowest BCUT2D eigenvalue weighted by atomic mass is 10.3. The maximum absolute atomic E-state index is 5.95. The topological polar surface area (TPSA) is 30.7 Å². The molecule has 14 heavy (non-hydrogen) atoms. The number of hydrogen-bond acceptors (Lipinski definition) is 3. The Bertz CT molecular complexity index is 402. The van der Waals surface area contributed by atoms with Crippen LogP contribution in [0, 0.1) is 6.92 Å². The van der Waals surface area contributed by atoms with Gasteiger partial charge in [0.05, 0.1) is 6.04 Å². The molecule has 0 aliphatic rings. The van der Waals surface area contributed by atoms with Crippen LogP contribution in [0.15, 0.2) is 17.5 Å². The second-order valence-corrected chi connectivity index (χ2v) is 4.39. The van der Waals surface area contributed by atoms with Crippen molar-refractivity contribution >= 4 is 22.9 Å². The summed E-state index contributed by atoms with van der Waals surface area (Å²) in [6.07, 6.45) is 0. The average Bonchev–Trinajstić information content (AvgIpc) is 2.75. The van der Waals surface area contributed by atoms with Gasteiger partial charge in [0.15, 0.2) is 0 Å². The molecule has 2 rings (SSSR count). The highest BCUT2D eigenvalue weighted by molar-refractivity contribution is 7.10. The molecule has 0 spiro atoms. The highest BCUT2D eigenvalue weighted by Crippen LogP contribution is 2.26. The predicted molar refractivity (Wildman–Crippen MR) is 57.9 cm³/mol. The molecule has 2 aromatic heterocycles. The summed E-state index contributed by atoms with van der Waals surface area (Å²) < 4.78 is 1.92. The fourth-order valence-electron chi connectivity index (χ4n) is 1.44. The molecule has 2 heterocycles. The third-order valence-corrected chi connectivity index (χ3v) is 3.47. The van der Waals surface area contributed by atoms with E-state index >= 15 is 0 Å². The van der Waals surface area contributed by atoms with Crippen LogP contribution >= 0.6 is 22.9 Å². The smallest absolute Gasteiger partial charge is 0.225 e. The zero-order valence-electron chi connectivity index (χ0n) is 7.94. The molecule has 5 heteroatoms. The molecule has 0 fully saturated rings. The molecular weight excluding hydrogens is 218 g/mol. The molecule has 0 aliphatic carbocycles. The summed E-state index contributed by atoms with van der Waals surface area (Å²) >= 11 is 7.66. The van der Waals surface area contributed by atoms with Crippen molar-refractivity contribution in [1.82, 2.24) is 14.8 Å². The SMILES string of the molecule is Cc1nnc(Cl)n1C(C)c1cccs1. The summed E-state index contributed by atoms with van der Waals surface area (Å²) in [6, 6.07) is 4.33. The predicted octanol–water partition coefficient (Wildman–Crippen LogP) is 2.91. The third-order valence-electron chi connectivity index (χ3n) is 2.17. The van der Waals surface area contributed by atoms with E-state index in [9.17, 15) is 0 Å². The lowest BCUT2D eigenvalue weighted by molar-refractivity contribution is 0.629. The number of halogens is 1. The fourth-order valence-corrected chi connectivity index (χ4v) is 2.52. The maximum atomic E-state index is 5.95. The number of nitrogens with zero attached hydrogens (tertiary/aromatic N) is 3. The minimum Gasteiger partial charge on any atom is -0.294 e. The maximum Gasteiger partial charge on any atom is 0.225 e. The van der Waals surface area contributed by atoms with E-state index in [2.05, 4.69) is 28.6 Å². The molecule has 0 aromatic carbocycles. The molecule has 0 bridgehead atoms. The molecule has 1 atom stereocenters. The Morgan fingerprint density at radius 1 is 1.50 bits per heavy atom. The summed E-state index contributed by atoms with van der Waals surface area (Å²) in [6.45, 7) is 4.00. The van der Waals surface area contributed by atoms with E-state index in [1.807, 2.05) is 17.6 Å². The quantitative estimate of drug-likeness (QED) is 0.790. The van der Waals surface area contributed by atoms with E-state index in [1.165, 1.54) is 4.88 Å². The molecule has 1 unspecified atom stereocenters. The Morgan fingerprint density at radius 2 is 2.29 bits per heavy atom.